The van der Waals surface area contributed by atoms with Gasteiger partial charge in [-0.2, -0.15) is 0 Å². The van der Waals surface area contributed by atoms with Crippen LogP contribution in [0.3, 0.4) is 0 Å². The second kappa shape index (κ2) is 14.6. The fourth-order valence-corrected chi connectivity index (χ4v) is 4.06. The molecule has 14 heteroatoms. The van der Waals surface area contributed by atoms with E-state index in [4.69, 9.17) is 17.2 Å². The molecule has 0 aliphatic heterocycles. The number of carboxylic acid groups (broad SMARTS) is 1. The Kier molecular flexibility index (Phi) is 11.6. The predicted molar refractivity (Wildman–Crippen MR) is 145 cm³/mol. The van der Waals surface area contributed by atoms with E-state index in [1.807, 2.05) is 24.3 Å². The molecular formula is C26H37N7O7. The number of hydrogen-bond acceptors (Lipinski definition) is 7. The Morgan fingerprint density at radius 1 is 0.850 bits per heavy atom. The molecule has 14 nitrogen and oxygen atoms in total. The predicted octanol–water partition coefficient (Wildman–Crippen LogP) is -1.24. The molecule has 0 saturated carbocycles. The van der Waals surface area contributed by atoms with Crippen LogP contribution < -0.4 is 33.2 Å². The van der Waals surface area contributed by atoms with Crippen molar-refractivity contribution in [3.8, 4) is 0 Å². The van der Waals surface area contributed by atoms with Gasteiger partial charge in [-0.3, -0.25) is 24.0 Å². The fraction of sp³-hybridized carbons (Fsp3) is 0.462. The van der Waals surface area contributed by atoms with Crippen molar-refractivity contribution in [2.24, 2.45) is 23.1 Å². The van der Waals surface area contributed by atoms with E-state index in [9.17, 15) is 33.9 Å². The number of para-hydroxylation sites is 1. The van der Waals surface area contributed by atoms with Gasteiger partial charge in [0.2, 0.25) is 29.5 Å². The van der Waals surface area contributed by atoms with Gasteiger partial charge >= 0.3 is 5.97 Å². The maximum atomic E-state index is 13.2. The van der Waals surface area contributed by atoms with Gasteiger partial charge in [-0.15, -0.1) is 0 Å². The van der Waals surface area contributed by atoms with Crippen molar-refractivity contribution in [3.05, 3.63) is 36.0 Å². The zero-order valence-corrected chi connectivity index (χ0v) is 22.4. The number of aromatic amines is 1. The van der Waals surface area contributed by atoms with Gasteiger partial charge in [0.15, 0.2) is 0 Å². The zero-order valence-electron chi connectivity index (χ0n) is 22.4. The topological polar surface area (TPSA) is 253 Å². The Morgan fingerprint density at radius 3 is 1.90 bits per heavy atom. The van der Waals surface area contributed by atoms with Crippen LogP contribution in [-0.4, -0.2) is 69.8 Å². The Hall–Kier alpha value is -4.46. The Labute approximate surface area is 230 Å². The van der Waals surface area contributed by atoms with Crippen molar-refractivity contribution in [3.63, 3.8) is 0 Å². The van der Waals surface area contributed by atoms with Crippen LogP contribution in [-0.2, 0) is 35.2 Å². The third-order valence-electron chi connectivity index (χ3n) is 6.31. The van der Waals surface area contributed by atoms with E-state index in [1.54, 1.807) is 20.0 Å². The summed E-state index contributed by atoms with van der Waals surface area (Å²) >= 11 is 0. The maximum absolute atomic E-state index is 13.2. The van der Waals surface area contributed by atoms with E-state index in [0.29, 0.717) is 0 Å². The first-order chi connectivity index (χ1) is 18.8. The highest BCUT2D eigenvalue weighted by molar-refractivity contribution is 5.95. The summed E-state index contributed by atoms with van der Waals surface area (Å²) in [7, 11) is 0. The Morgan fingerprint density at radius 2 is 1.38 bits per heavy atom. The Bertz CT molecular complexity index is 1240. The van der Waals surface area contributed by atoms with Crippen LogP contribution in [0, 0.1) is 5.92 Å². The molecule has 4 atom stereocenters. The number of aliphatic carboxylic acids is 1. The van der Waals surface area contributed by atoms with Crippen LogP contribution in [0.1, 0.15) is 45.1 Å². The molecule has 4 unspecified atom stereocenters. The molecule has 1 heterocycles. The number of carboxylic acids is 1. The summed E-state index contributed by atoms with van der Waals surface area (Å²) in [4.78, 5) is 76.4. The summed E-state index contributed by atoms with van der Waals surface area (Å²) in [5.41, 5.74) is 18.2. The summed E-state index contributed by atoms with van der Waals surface area (Å²) < 4.78 is 0. The van der Waals surface area contributed by atoms with Crippen molar-refractivity contribution < 1.29 is 33.9 Å². The number of aromatic nitrogens is 1. The number of fused-ring (bicyclic) bond motifs is 1. The van der Waals surface area contributed by atoms with Gasteiger partial charge in [0.25, 0.3) is 0 Å². The number of hydrogen-bond donors (Lipinski definition) is 8. The summed E-state index contributed by atoms with van der Waals surface area (Å²) in [5.74, 6) is -5.61. The van der Waals surface area contributed by atoms with E-state index < -0.39 is 65.6 Å². The lowest BCUT2D eigenvalue weighted by Crippen LogP contribution is -2.58. The van der Waals surface area contributed by atoms with Crippen molar-refractivity contribution in [1.82, 2.24) is 20.9 Å². The highest BCUT2D eigenvalue weighted by Gasteiger charge is 2.31. The standard InChI is InChI=1S/C26H37N7O7/c1-13(2)22(26(39)40)33-25(38)19(8-10-21(29)35)32-24(37)18(7-9-20(28)34)31-23(36)16(27)11-14-12-30-17-6-4-3-5-15(14)17/h3-6,12-13,16,18-19,22,30H,7-11,27H2,1-2H3,(H2,28,34)(H2,29,35)(H,31,36)(H,32,37)(H,33,38)(H,39,40). The van der Waals surface area contributed by atoms with Gasteiger partial charge in [0.05, 0.1) is 6.04 Å². The molecule has 1 aromatic heterocycles. The molecule has 40 heavy (non-hydrogen) atoms. The molecule has 0 saturated heterocycles. The normalized spacial score (nSPS) is 14.1. The molecular weight excluding hydrogens is 522 g/mol. The summed E-state index contributed by atoms with van der Waals surface area (Å²) in [6.45, 7) is 3.18. The fourth-order valence-electron chi connectivity index (χ4n) is 4.06. The van der Waals surface area contributed by atoms with E-state index in [0.717, 1.165) is 16.5 Å². The van der Waals surface area contributed by atoms with Crippen molar-refractivity contribution in [2.45, 2.75) is 70.1 Å². The minimum absolute atomic E-state index is 0.148. The third-order valence-corrected chi connectivity index (χ3v) is 6.31. The molecule has 5 amide bonds. The monoisotopic (exact) mass is 559 g/mol. The molecule has 2 aromatic rings. The van der Waals surface area contributed by atoms with E-state index in [-0.39, 0.29) is 32.1 Å². The number of benzene rings is 1. The second-order valence-corrected chi connectivity index (χ2v) is 9.87. The first kappa shape index (κ1) is 31.8. The number of nitrogens with one attached hydrogen (secondary N) is 4. The first-order valence-electron chi connectivity index (χ1n) is 12.8. The molecule has 0 aliphatic rings. The SMILES string of the molecule is CC(C)C(NC(=O)C(CCC(N)=O)NC(=O)C(CCC(N)=O)NC(=O)C(N)Cc1c[nH]c2ccccc12)C(=O)O. The molecule has 218 valence electrons. The zero-order chi connectivity index (χ0) is 30.0. The molecule has 0 spiro atoms. The summed E-state index contributed by atoms with van der Waals surface area (Å²) in [6.07, 6.45) is 0.913. The van der Waals surface area contributed by atoms with Gasteiger partial charge in [0, 0.05) is 29.9 Å². The molecule has 0 fully saturated rings. The van der Waals surface area contributed by atoms with Gasteiger partial charge < -0.3 is 43.2 Å². The number of amides is 5. The molecule has 11 N–H and O–H groups in total. The maximum Gasteiger partial charge on any atom is 0.326 e. The second-order valence-electron chi connectivity index (χ2n) is 9.87. The van der Waals surface area contributed by atoms with E-state index >= 15 is 0 Å². The van der Waals surface area contributed by atoms with Crippen LogP contribution in [0.4, 0.5) is 0 Å². The van der Waals surface area contributed by atoms with Crippen LogP contribution in [0.25, 0.3) is 10.9 Å². The van der Waals surface area contributed by atoms with Crippen LogP contribution >= 0.6 is 0 Å². The van der Waals surface area contributed by atoms with Crippen molar-refractivity contribution in [2.75, 3.05) is 0 Å². The highest BCUT2D eigenvalue weighted by atomic mass is 16.4. The number of carbonyl (C=O) groups is 6. The van der Waals surface area contributed by atoms with Crippen molar-refractivity contribution >= 4 is 46.4 Å². The minimum Gasteiger partial charge on any atom is -0.480 e. The molecule has 0 radical (unpaired) electrons. The number of rotatable bonds is 16. The van der Waals surface area contributed by atoms with Crippen LogP contribution in [0.5, 0.6) is 0 Å². The van der Waals surface area contributed by atoms with E-state index in [2.05, 4.69) is 20.9 Å². The molecule has 0 aliphatic carbocycles. The number of H-pyrrole nitrogens is 1. The third kappa shape index (κ3) is 9.38. The van der Waals surface area contributed by atoms with Crippen molar-refractivity contribution in [1.29, 1.82) is 0 Å². The van der Waals surface area contributed by atoms with E-state index in [1.165, 1.54) is 0 Å². The largest absolute Gasteiger partial charge is 0.480 e. The van der Waals surface area contributed by atoms with Crippen LogP contribution in [0.2, 0.25) is 0 Å². The number of nitrogens with two attached hydrogens (primary N) is 3. The molecule has 2 rings (SSSR count). The highest BCUT2D eigenvalue weighted by Crippen LogP contribution is 2.19. The average molecular weight is 560 g/mol. The summed E-state index contributed by atoms with van der Waals surface area (Å²) in [5, 5.41) is 17.6. The summed E-state index contributed by atoms with van der Waals surface area (Å²) in [6, 6.07) is 2.48. The molecule has 0 bridgehead atoms. The van der Waals surface area contributed by atoms with Gasteiger partial charge in [-0.1, -0.05) is 32.0 Å². The number of primary amides is 2. The van der Waals surface area contributed by atoms with Gasteiger partial charge in [0.1, 0.15) is 18.1 Å². The quantitative estimate of drug-likeness (QED) is 0.123. The minimum atomic E-state index is -1.35. The average Bonchev–Trinajstić information content (AvgIpc) is 3.28. The number of carbonyl (C=O) groups excluding carboxylic acids is 5. The lowest BCUT2D eigenvalue weighted by molar-refractivity contribution is -0.143. The Balaban J connectivity index is 2.17. The smallest absolute Gasteiger partial charge is 0.326 e. The van der Waals surface area contributed by atoms with Gasteiger partial charge in [-0.25, -0.2) is 4.79 Å². The first-order valence-corrected chi connectivity index (χ1v) is 12.8. The molecule has 1 aromatic carbocycles. The lowest BCUT2D eigenvalue weighted by Gasteiger charge is -2.26. The van der Waals surface area contributed by atoms with Gasteiger partial charge in [-0.05, 0) is 36.8 Å². The van der Waals surface area contributed by atoms with Crippen LogP contribution in [0.15, 0.2) is 30.5 Å². The lowest BCUT2D eigenvalue weighted by atomic mass is 10.0.